The van der Waals surface area contributed by atoms with Gasteiger partial charge in [-0.2, -0.15) is 0 Å². The maximum atomic E-state index is 13.8. The Morgan fingerprint density at radius 2 is 1.90 bits per heavy atom. The zero-order valence-electron chi connectivity index (χ0n) is 21.7. The lowest BCUT2D eigenvalue weighted by Gasteiger charge is -2.34. The first-order valence-corrected chi connectivity index (χ1v) is 12.6. The van der Waals surface area contributed by atoms with E-state index in [0.29, 0.717) is 11.1 Å². The molecule has 1 atom stereocenters. The van der Waals surface area contributed by atoms with E-state index in [1.165, 1.54) is 50.2 Å². The summed E-state index contributed by atoms with van der Waals surface area (Å²) >= 11 is 5.94. The van der Waals surface area contributed by atoms with Crippen LogP contribution in [0.3, 0.4) is 0 Å². The molecule has 3 aromatic rings. The number of halogens is 5. The number of nitrogens with one attached hydrogen (secondary N) is 1. The van der Waals surface area contributed by atoms with Gasteiger partial charge < -0.3 is 19.3 Å². The molecule has 0 fully saturated rings. The predicted octanol–water partition coefficient (Wildman–Crippen LogP) is 6.08. The smallest absolute Gasteiger partial charge is 0.412 e. The molecular formula is C27H28ClF4N3O5. The molecule has 0 saturated heterocycles. The predicted molar refractivity (Wildman–Crippen MR) is 139 cm³/mol. The number of carbonyl (C=O) groups is 2. The van der Waals surface area contributed by atoms with E-state index in [9.17, 15) is 32.3 Å². The summed E-state index contributed by atoms with van der Waals surface area (Å²) in [4.78, 5) is 26.3. The average Bonchev–Trinajstić information content (AvgIpc) is 3.33. The summed E-state index contributed by atoms with van der Waals surface area (Å²) in [6.45, 7) is 1.31. The van der Waals surface area contributed by atoms with Gasteiger partial charge in [0.05, 0.1) is 23.2 Å². The number of hydrogen-bond donors (Lipinski definition) is 2. The third-order valence-electron chi connectivity index (χ3n) is 5.73. The summed E-state index contributed by atoms with van der Waals surface area (Å²) in [7, 11) is 0. The van der Waals surface area contributed by atoms with Crippen molar-refractivity contribution in [1.29, 1.82) is 0 Å². The molecule has 0 aliphatic rings. The topological polar surface area (TPSA) is 105 Å². The van der Waals surface area contributed by atoms with Crippen LogP contribution in [-0.2, 0) is 16.0 Å². The second-order valence-corrected chi connectivity index (χ2v) is 10.0. The highest BCUT2D eigenvalue weighted by molar-refractivity contribution is 6.31. The van der Waals surface area contributed by atoms with Gasteiger partial charge in [0.2, 0.25) is 5.91 Å². The van der Waals surface area contributed by atoms with Crippen LogP contribution in [0.1, 0.15) is 32.3 Å². The third kappa shape index (κ3) is 9.23. The minimum atomic E-state index is -2.92. The van der Waals surface area contributed by atoms with Crippen molar-refractivity contribution in [3.63, 3.8) is 0 Å². The Hall–Kier alpha value is -3.64. The lowest BCUT2D eigenvalue weighted by molar-refractivity contribution is -0.138. The molecule has 0 spiro atoms. The lowest BCUT2D eigenvalue weighted by atomic mass is 9.97. The second kappa shape index (κ2) is 13.6. The van der Waals surface area contributed by atoms with Crippen LogP contribution in [0.4, 0.5) is 28.2 Å². The van der Waals surface area contributed by atoms with Gasteiger partial charge in [0, 0.05) is 18.1 Å². The largest absolute Gasteiger partial charge is 0.447 e. The number of rotatable bonds is 12. The molecule has 0 aliphatic carbocycles. The molecule has 0 radical (unpaired) electrons. The van der Waals surface area contributed by atoms with Gasteiger partial charge in [0.15, 0.2) is 11.6 Å². The Balaban J connectivity index is 1.69. The molecule has 0 bridgehead atoms. The first-order valence-electron chi connectivity index (χ1n) is 12.2. The number of hydrogen-bond acceptors (Lipinski definition) is 6. The Bertz CT molecular complexity index is 1320. The number of aryl methyl sites for hydroxylation is 1. The van der Waals surface area contributed by atoms with Gasteiger partial charge in [-0.3, -0.25) is 10.1 Å². The molecule has 8 nitrogen and oxygen atoms in total. The van der Waals surface area contributed by atoms with Crippen LogP contribution in [-0.4, -0.2) is 58.4 Å². The van der Waals surface area contributed by atoms with E-state index >= 15 is 0 Å². The molecule has 2 amide bonds. The SMILES string of the molecule is CC(C)(O)C[C@@H](COC(=O)Nc1cc(-c2cccc(F)c2)on1)N(CC(F)F)C(=O)CCc1cccc(F)c1Cl. The summed E-state index contributed by atoms with van der Waals surface area (Å²) in [6, 6.07) is 9.78. The quantitative estimate of drug-likeness (QED) is 0.250. The van der Waals surface area contributed by atoms with Crippen LogP contribution < -0.4 is 5.32 Å². The van der Waals surface area contributed by atoms with Gasteiger partial charge in [0.25, 0.3) is 6.43 Å². The Morgan fingerprint density at radius 3 is 2.58 bits per heavy atom. The van der Waals surface area contributed by atoms with Crippen LogP contribution >= 0.6 is 11.6 Å². The zero-order chi connectivity index (χ0) is 29.4. The van der Waals surface area contributed by atoms with Crippen molar-refractivity contribution < 1.29 is 41.5 Å². The number of amides is 2. The summed E-state index contributed by atoms with van der Waals surface area (Å²) in [6.07, 6.45) is -4.46. The summed E-state index contributed by atoms with van der Waals surface area (Å²) in [5, 5.41) is 16.2. The molecular weight excluding hydrogens is 558 g/mol. The minimum absolute atomic E-state index is 0.0223. The first-order chi connectivity index (χ1) is 18.8. The number of ether oxygens (including phenoxy) is 1. The van der Waals surface area contributed by atoms with Crippen molar-refractivity contribution >= 4 is 29.4 Å². The fourth-order valence-electron chi connectivity index (χ4n) is 3.99. The monoisotopic (exact) mass is 585 g/mol. The molecule has 0 saturated carbocycles. The van der Waals surface area contributed by atoms with Gasteiger partial charge in [0.1, 0.15) is 18.2 Å². The maximum absolute atomic E-state index is 13.8. The molecule has 216 valence electrons. The van der Waals surface area contributed by atoms with E-state index in [4.69, 9.17) is 20.9 Å². The average molecular weight is 586 g/mol. The number of benzene rings is 2. The van der Waals surface area contributed by atoms with Gasteiger partial charge in [-0.05, 0) is 50.5 Å². The number of nitrogens with zero attached hydrogens (tertiary/aromatic N) is 2. The van der Waals surface area contributed by atoms with E-state index in [2.05, 4.69) is 10.5 Å². The molecule has 1 heterocycles. The Labute approximate surface area is 232 Å². The summed E-state index contributed by atoms with van der Waals surface area (Å²) in [5.41, 5.74) is -0.713. The molecule has 0 unspecified atom stereocenters. The van der Waals surface area contributed by atoms with E-state index < -0.39 is 54.9 Å². The normalized spacial score (nSPS) is 12.3. The Kier molecular flexibility index (Phi) is 10.5. The zero-order valence-corrected chi connectivity index (χ0v) is 22.4. The van der Waals surface area contributed by atoms with Crippen LogP contribution in [0.25, 0.3) is 11.3 Å². The molecule has 2 aromatic carbocycles. The van der Waals surface area contributed by atoms with E-state index in [1.807, 2.05) is 0 Å². The number of carbonyl (C=O) groups excluding carboxylic acids is 2. The molecule has 13 heteroatoms. The lowest BCUT2D eigenvalue weighted by Crippen LogP contribution is -2.49. The van der Waals surface area contributed by atoms with Gasteiger partial charge in [-0.1, -0.05) is 41.0 Å². The fourth-order valence-corrected chi connectivity index (χ4v) is 4.21. The molecule has 40 heavy (non-hydrogen) atoms. The van der Waals surface area contributed by atoms with Gasteiger partial charge in [-0.15, -0.1) is 0 Å². The van der Waals surface area contributed by atoms with Crippen molar-refractivity contribution in [2.75, 3.05) is 18.5 Å². The number of aliphatic hydroxyl groups is 1. The maximum Gasteiger partial charge on any atom is 0.412 e. The molecule has 2 N–H and O–H groups in total. The highest BCUT2D eigenvalue weighted by atomic mass is 35.5. The summed E-state index contributed by atoms with van der Waals surface area (Å²) in [5.74, 6) is -1.79. The number of aromatic nitrogens is 1. The third-order valence-corrected chi connectivity index (χ3v) is 6.15. The van der Waals surface area contributed by atoms with Crippen LogP contribution in [0.5, 0.6) is 0 Å². The highest BCUT2D eigenvalue weighted by Crippen LogP contribution is 2.25. The molecule has 1 aromatic heterocycles. The van der Waals surface area contributed by atoms with Crippen LogP contribution in [0.2, 0.25) is 5.02 Å². The van der Waals surface area contributed by atoms with E-state index in [1.54, 1.807) is 6.07 Å². The molecule has 0 aliphatic heterocycles. The summed E-state index contributed by atoms with van der Waals surface area (Å²) < 4.78 is 64.5. The van der Waals surface area contributed by atoms with Crippen molar-refractivity contribution in [2.45, 2.75) is 51.2 Å². The fraction of sp³-hybridized carbons (Fsp3) is 0.370. The van der Waals surface area contributed by atoms with Gasteiger partial charge >= 0.3 is 6.09 Å². The number of alkyl halides is 2. The highest BCUT2D eigenvalue weighted by Gasteiger charge is 2.32. The standard InChI is InChI=1S/C27H28ClF4N3O5/c1-27(2,38)13-19(35(14-22(31)32)24(36)10-9-16-5-4-8-20(30)25(16)28)15-39-26(37)33-23-12-21(40-34-23)17-6-3-7-18(29)11-17/h3-8,11-12,19,22,38H,9-10,13-15H2,1-2H3,(H,33,34,37)/t19-/m0/s1. The second-order valence-electron chi connectivity index (χ2n) is 9.63. The van der Waals surface area contributed by atoms with Crippen molar-refractivity contribution in [1.82, 2.24) is 10.1 Å². The van der Waals surface area contributed by atoms with Gasteiger partial charge in [-0.25, -0.2) is 22.4 Å². The van der Waals surface area contributed by atoms with Crippen molar-refractivity contribution in [3.8, 4) is 11.3 Å². The minimum Gasteiger partial charge on any atom is -0.447 e. The van der Waals surface area contributed by atoms with Crippen molar-refractivity contribution in [2.24, 2.45) is 0 Å². The van der Waals surface area contributed by atoms with Crippen LogP contribution in [0.15, 0.2) is 53.1 Å². The number of anilines is 1. The van der Waals surface area contributed by atoms with Crippen molar-refractivity contribution in [3.05, 3.63) is 70.8 Å². The van der Waals surface area contributed by atoms with E-state index in [0.717, 1.165) is 11.0 Å². The first kappa shape index (κ1) is 30.9. The van der Waals surface area contributed by atoms with Crippen LogP contribution in [0, 0.1) is 11.6 Å². The van der Waals surface area contributed by atoms with E-state index in [-0.39, 0.29) is 35.9 Å². The molecule has 3 rings (SSSR count). The Morgan fingerprint density at radius 1 is 1.18 bits per heavy atom.